The van der Waals surface area contributed by atoms with E-state index in [0.717, 1.165) is 11.1 Å². The van der Waals surface area contributed by atoms with Crippen molar-refractivity contribution in [3.63, 3.8) is 0 Å². The number of benzene rings is 2. The van der Waals surface area contributed by atoms with Crippen molar-refractivity contribution in [2.45, 2.75) is 31.1 Å². The molecule has 0 unspecified atom stereocenters. The molecule has 3 aromatic rings. The molecule has 2 heterocycles. The Bertz CT molecular complexity index is 1190. The van der Waals surface area contributed by atoms with Crippen molar-refractivity contribution in [2.24, 2.45) is 0 Å². The lowest BCUT2D eigenvalue weighted by atomic mass is 9.87. The maximum atomic E-state index is 13.1. The maximum Gasteiger partial charge on any atom is 0.276 e. The molecule has 0 saturated carbocycles. The lowest BCUT2D eigenvalue weighted by Crippen LogP contribution is -2.50. The lowest BCUT2D eigenvalue weighted by Gasteiger charge is -2.33. The summed E-state index contributed by atoms with van der Waals surface area (Å²) in [6.45, 7) is 7.33. The van der Waals surface area contributed by atoms with Crippen LogP contribution in [-0.4, -0.2) is 54.9 Å². The van der Waals surface area contributed by atoms with Crippen LogP contribution >= 0.6 is 0 Å². The summed E-state index contributed by atoms with van der Waals surface area (Å²) in [6.07, 6.45) is 0. The number of hydrogen-bond donors (Lipinski definition) is 0. The van der Waals surface area contributed by atoms with E-state index in [1.165, 1.54) is 4.31 Å². The molecule has 168 valence electrons. The van der Waals surface area contributed by atoms with Crippen LogP contribution in [0, 0.1) is 0 Å². The lowest BCUT2D eigenvalue weighted by molar-refractivity contribution is 0.0687. The van der Waals surface area contributed by atoms with Crippen molar-refractivity contribution in [2.75, 3.05) is 26.2 Å². The standard InChI is InChI=1S/C24H27N3O4S/c1-24(2,3)19-9-11-20(12-10-19)32(29,30)27-15-13-26(14-16-27)23(28)21-17-22(31-25-21)18-7-5-4-6-8-18/h4-12,17H,13-16H2,1-3H3. The van der Waals surface area contributed by atoms with E-state index in [0.29, 0.717) is 18.8 Å². The summed E-state index contributed by atoms with van der Waals surface area (Å²) in [5.74, 6) is 0.261. The van der Waals surface area contributed by atoms with Crippen LogP contribution in [0.3, 0.4) is 0 Å². The number of piperazine rings is 1. The minimum absolute atomic E-state index is 0.0459. The van der Waals surface area contributed by atoms with Crippen molar-refractivity contribution in [1.29, 1.82) is 0 Å². The second-order valence-corrected chi connectivity index (χ2v) is 10.9. The maximum absolute atomic E-state index is 13.1. The van der Waals surface area contributed by atoms with Gasteiger partial charge in [0.15, 0.2) is 11.5 Å². The third kappa shape index (κ3) is 4.47. The third-order valence-electron chi connectivity index (χ3n) is 5.67. The van der Waals surface area contributed by atoms with Gasteiger partial charge in [-0.25, -0.2) is 8.42 Å². The fraction of sp³-hybridized carbons (Fsp3) is 0.333. The first-order chi connectivity index (χ1) is 15.2. The molecule has 0 aliphatic carbocycles. The van der Waals surface area contributed by atoms with Gasteiger partial charge >= 0.3 is 0 Å². The van der Waals surface area contributed by atoms with Crippen LogP contribution in [0.5, 0.6) is 0 Å². The minimum atomic E-state index is -3.61. The predicted octanol–water partition coefficient (Wildman–Crippen LogP) is 3.79. The second kappa shape index (κ2) is 8.52. The molecular formula is C24H27N3O4S. The van der Waals surface area contributed by atoms with Crippen LogP contribution in [0.4, 0.5) is 0 Å². The number of carbonyl (C=O) groups is 1. The summed E-state index contributed by atoms with van der Waals surface area (Å²) in [4.78, 5) is 14.7. The highest BCUT2D eigenvalue weighted by Crippen LogP contribution is 2.25. The molecule has 0 radical (unpaired) electrons. The van der Waals surface area contributed by atoms with E-state index < -0.39 is 10.0 Å². The average molecular weight is 454 g/mol. The smallest absolute Gasteiger partial charge is 0.276 e. The fourth-order valence-corrected chi connectivity index (χ4v) is 5.11. The molecule has 0 atom stereocenters. The summed E-state index contributed by atoms with van der Waals surface area (Å²) < 4.78 is 32.9. The van der Waals surface area contributed by atoms with Crippen LogP contribution in [0.1, 0.15) is 36.8 Å². The Kier molecular flexibility index (Phi) is 5.92. The summed E-state index contributed by atoms with van der Waals surface area (Å²) in [5.41, 5.74) is 2.09. The van der Waals surface area contributed by atoms with Crippen molar-refractivity contribution in [1.82, 2.24) is 14.4 Å². The van der Waals surface area contributed by atoms with E-state index in [4.69, 9.17) is 4.52 Å². The molecule has 1 amide bonds. The topological polar surface area (TPSA) is 83.7 Å². The van der Waals surface area contributed by atoms with Gasteiger partial charge in [0.05, 0.1) is 4.90 Å². The first kappa shape index (κ1) is 22.2. The predicted molar refractivity (Wildman–Crippen MR) is 122 cm³/mol. The minimum Gasteiger partial charge on any atom is -0.355 e. The normalized spacial score (nSPS) is 15.7. The van der Waals surface area contributed by atoms with E-state index in [2.05, 4.69) is 25.9 Å². The molecule has 1 fully saturated rings. The number of sulfonamides is 1. The van der Waals surface area contributed by atoms with Gasteiger partial charge in [-0.2, -0.15) is 4.31 Å². The van der Waals surface area contributed by atoms with Gasteiger partial charge in [-0.15, -0.1) is 0 Å². The van der Waals surface area contributed by atoms with Gasteiger partial charge in [0.1, 0.15) is 0 Å². The molecule has 32 heavy (non-hydrogen) atoms. The molecule has 1 aliphatic heterocycles. The van der Waals surface area contributed by atoms with Crippen molar-refractivity contribution in [3.05, 3.63) is 71.9 Å². The summed E-state index contributed by atoms with van der Waals surface area (Å²) >= 11 is 0. The molecule has 8 heteroatoms. The summed E-state index contributed by atoms with van der Waals surface area (Å²) in [5, 5.41) is 3.91. The molecular weight excluding hydrogens is 426 g/mol. The Hall–Kier alpha value is -2.97. The van der Waals surface area contributed by atoms with Gasteiger partial charge in [-0.1, -0.05) is 68.4 Å². The number of aromatic nitrogens is 1. The number of rotatable bonds is 4. The highest BCUT2D eigenvalue weighted by Gasteiger charge is 2.31. The van der Waals surface area contributed by atoms with Crippen LogP contribution < -0.4 is 0 Å². The van der Waals surface area contributed by atoms with Gasteiger partial charge in [-0.3, -0.25) is 4.79 Å². The van der Waals surface area contributed by atoms with Crippen molar-refractivity contribution >= 4 is 15.9 Å². The Morgan fingerprint density at radius 1 is 0.938 bits per heavy atom. The van der Waals surface area contributed by atoms with Gasteiger partial charge in [0, 0.05) is 37.8 Å². The van der Waals surface area contributed by atoms with E-state index in [-0.39, 0.29) is 35.0 Å². The van der Waals surface area contributed by atoms with Crippen molar-refractivity contribution < 1.29 is 17.7 Å². The average Bonchev–Trinajstić information content (AvgIpc) is 3.29. The van der Waals surface area contributed by atoms with Gasteiger partial charge in [0.25, 0.3) is 5.91 Å². The van der Waals surface area contributed by atoms with Crippen LogP contribution in [0.25, 0.3) is 11.3 Å². The molecule has 0 spiro atoms. The molecule has 1 aliphatic rings. The van der Waals surface area contributed by atoms with Gasteiger partial charge in [0.2, 0.25) is 10.0 Å². The molecule has 0 N–H and O–H groups in total. The SMILES string of the molecule is CC(C)(C)c1ccc(S(=O)(=O)N2CCN(C(=O)c3cc(-c4ccccc4)on3)CC2)cc1. The fourth-order valence-electron chi connectivity index (χ4n) is 3.68. The van der Waals surface area contributed by atoms with Crippen LogP contribution in [0.15, 0.2) is 70.1 Å². The zero-order valence-electron chi connectivity index (χ0n) is 18.5. The first-order valence-corrected chi connectivity index (χ1v) is 12.0. The van der Waals surface area contributed by atoms with Gasteiger partial charge < -0.3 is 9.42 Å². The number of carbonyl (C=O) groups excluding carboxylic acids is 1. The molecule has 1 saturated heterocycles. The number of nitrogens with zero attached hydrogens (tertiary/aromatic N) is 3. The Morgan fingerprint density at radius 3 is 2.16 bits per heavy atom. The van der Waals surface area contributed by atoms with Crippen LogP contribution in [0.2, 0.25) is 0 Å². The Balaban J connectivity index is 1.41. The first-order valence-electron chi connectivity index (χ1n) is 10.6. The van der Waals surface area contributed by atoms with E-state index in [1.54, 1.807) is 23.1 Å². The second-order valence-electron chi connectivity index (χ2n) is 8.91. The Morgan fingerprint density at radius 2 is 1.56 bits per heavy atom. The highest BCUT2D eigenvalue weighted by atomic mass is 32.2. The van der Waals surface area contributed by atoms with Crippen LogP contribution in [-0.2, 0) is 15.4 Å². The molecule has 7 nitrogen and oxygen atoms in total. The summed E-state index contributed by atoms with van der Waals surface area (Å²) in [6, 6.07) is 18.1. The zero-order chi connectivity index (χ0) is 22.9. The van der Waals surface area contributed by atoms with E-state index in [9.17, 15) is 13.2 Å². The molecule has 4 rings (SSSR count). The highest BCUT2D eigenvalue weighted by molar-refractivity contribution is 7.89. The van der Waals surface area contributed by atoms with Gasteiger partial charge in [-0.05, 0) is 23.1 Å². The quantitative estimate of drug-likeness (QED) is 0.600. The third-order valence-corrected chi connectivity index (χ3v) is 7.58. The zero-order valence-corrected chi connectivity index (χ0v) is 19.3. The largest absolute Gasteiger partial charge is 0.355 e. The van der Waals surface area contributed by atoms with E-state index >= 15 is 0 Å². The monoisotopic (exact) mass is 453 g/mol. The molecule has 2 aromatic carbocycles. The van der Waals surface area contributed by atoms with Crippen molar-refractivity contribution in [3.8, 4) is 11.3 Å². The molecule has 0 bridgehead atoms. The Labute approximate surface area is 188 Å². The molecule has 1 aromatic heterocycles. The number of hydrogen-bond acceptors (Lipinski definition) is 5. The number of amides is 1. The van der Waals surface area contributed by atoms with E-state index in [1.807, 2.05) is 42.5 Å². The summed E-state index contributed by atoms with van der Waals surface area (Å²) in [7, 11) is -3.61.